The van der Waals surface area contributed by atoms with E-state index in [1.807, 2.05) is 201 Å². The fourth-order valence-corrected chi connectivity index (χ4v) is 9.22. The third-order valence-electron chi connectivity index (χ3n) is 13.6. The van der Waals surface area contributed by atoms with Crippen LogP contribution in [-0.2, 0) is 73.2 Å². The number of rotatable bonds is 10. The van der Waals surface area contributed by atoms with E-state index in [1.165, 1.54) is 44.5 Å². The summed E-state index contributed by atoms with van der Waals surface area (Å²) < 4.78 is 0. The average molecular weight is 1660 g/mol. The predicted octanol–water partition coefficient (Wildman–Crippen LogP) is 19.5. The van der Waals surface area contributed by atoms with Crippen molar-refractivity contribution in [3.05, 3.63) is 344 Å². The first-order valence-corrected chi connectivity index (χ1v) is 28.2. The van der Waals surface area contributed by atoms with Gasteiger partial charge >= 0.3 is 0 Å². The van der Waals surface area contributed by atoms with Gasteiger partial charge in [0, 0.05) is 102 Å². The molecule has 437 valence electrons. The van der Waals surface area contributed by atoms with Crippen LogP contribution in [0.25, 0.3) is 89.7 Å². The van der Waals surface area contributed by atoms with Crippen molar-refractivity contribution >= 4 is 0 Å². The molecule has 0 fully saturated rings. The summed E-state index contributed by atoms with van der Waals surface area (Å²) in [6, 6.07) is 105. The Balaban J connectivity index is 0.000000175. The maximum Gasteiger partial charge on any atom is 0.0266 e. The Morgan fingerprint density at radius 1 is 0.299 bits per heavy atom. The number of hydrogen-bond donors (Lipinski definition) is 0. The van der Waals surface area contributed by atoms with E-state index in [4.69, 9.17) is 0 Å². The van der Waals surface area contributed by atoms with Crippen molar-refractivity contribution in [2.45, 2.75) is 40.5 Å². The Hall–Kier alpha value is -8.54. The van der Waals surface area contributed by atoms with Gasteiger partial charge in [-0.15, -0.1) is 179 Å². The standard InChI is InChI=1S/2C19H16N.C18H14N.C12H10N.C11H8N.3Ir/c2*1-2-15-13-19(17-11-7-4-8-12-17)20-14-18(15)16-9-5-3-6-10-16;1-14-7-5-6-10-17(14)16-11-12-18(19-13-16)15-8-3-2-4-9-15;1-10-6-5-9-12(13-10)11-7-3-2-4-8-11;1-2-6-10(7-3-1)11-8-4-5-9-12-11;;;/h2*3-11,13-14H,2H2,1H3;2-8,10-13H,1H3;2-7,9H,1H3;1-6,8-9H;;;/q5*-1;;;. The van der Waals surface area contributed by atoms with E-state index in [-0.39, 0.29) is 60.3 Å². The molecule has 0 saturated carbocycles. The first kappa shape index (κ1) is 67.6. The summed E-state index contributed by atoms with van der Waals surface area (Å²) in [5, 5.41) is 0. The molecule has 3 radical (unpaired) electrons. The van der Waals surface area contributed by atoms with Crippen LogP contribution < -0.4 is 0 Å². The SMILES string of the molecule is CCc1cc(-c2[c-]cccc2)ncc1-c1ccccc1.CCc1cc(-c2[c-]cccc2)ncc1-c1ccccc1.Cc1cccc(-c2[c-]cccc2)n1.Cc1ccccc1-c1ccc(-c2[c-]cccc2)nc1.[Ir].[Ir].[Ir].[c-]1ccccc1-c1ccccn1. The van der Waals surface area contributed by atoms with Crippen molar-refractivity contribution < 1.29 is 60.3 Å². The zero-order valence-corrected chi connectivity index (χ0v) is 56.0. The van der Waals surface area contributed by atoms with Gasteiger partial charge < -0.3 is 24.9 Å². The Bertz CT molecular complexity index is 3850. The van der Waals surface area contributed by atoms with Gasteiger partial charge in [0.15, 0.2) is 0 Å². The van der Waals surface area contributed by atoms with Crippen LogP contribution in [-0.4, -0.2) is 24.9 Å². The van der Waals surface area contributed by atoms with Crippen molar-refractivity contribution in [2.24, 2.45) is 0 Å². The largest absolute Gasteiger partial charge is 0.305 e. The summed E-state index contributed by atoms with van der Waals surface area (Å²) in [7, 11) is 0. The molecule has 0 saturated heterocycles. The molecule has 0 aliphatic carbocycles. The van der Waals surface area contributed by atoms with Crippen LogP contribution in [0.15, 0.2) is 292 Å². The summed E-state index contributed by atoms with van der Waals surface area (Å²) in [6.45, 7) is 8.47. The molecule has 8 heteroatoms. The number of nitrogens with zero attached hydrogens (tertiary/aromatic N) is 5. The van der Waals surface area contributed by atoms with Crippen LogP contribution in [0, 0.1) is 44.2 Å². The Kier molecular flexibility index (Phi) is 28.3. The van der Waals surface area contributed by atoms with Crippen LogP contribution in [0.1, 0.15) is 36.2 Å². The molecule has 0 atom stereocenters. The molecule has 8 aromatic carbocycles. The van der Waals surface area contributed by atoms with Gasteiger partial charge in [-0.3, -0.25) is 0 Å². The monoisotopic (exact) mass is 1660 g/mol. The van der Waals surface area contributed by atoms with E-state index < -0.39 is 0 Å². The Morgan fingerprint density at radius 2 is 0.690 bits per heavy atom. The number of aromatic nitrogens is 5. The summed E-state index contributed by atoms with van der Waals surface area (Å²) in [5.41, 5.74) is 22.3. The maximum absolute atomic E-state index is 4.60. The average Bonchev–Trinajstić information content (AvgIpc) is 2.99. The first-order valence-electron chi connectivity index (χ1n) is 28.2. The van der Waals surface area contributed by atoms with Gasteiger partial charge in [-0.25, -0.2) is 0 Å². The molecule has 0 bridgehead atoms. The zero-order valence-electron chi connectivity index (χ0n) is 48.9. The molecule has 0 N–H and O–H groups in total. The van der Waals surface area contributed by atoms with Crippen molar-refractivity contribution in [1.29, 1.82) is 0 Å². The minimum Gasteiger partial charge on any atom is -0.305 e. The van der Waals surface area contributed by atoms with Crippen LogP contribution >= 0.6 is 0 Å². The second kappa shape index (κ2) is 36.4. The van der Waals surface area contributed by atoms with E-state index in [9.17, 15) is 0 Å². The molecular weight excluding hydrogens is 1600 g/mol. The first-order chi connectivity index (χ1) is 41.4. The Morgan fingerprint density at radius 3 is 1.08 bits per heavy atom. The molecule has 5 aromatic heterocycles. The number of hydrogen-bond acceptors (Lipinski definition) is 5. The minimum absolute atomic E-state index is 0. The van der Waals surface area contributed by atoms with Gasteiger partial charge in [-0.1, -0.05) is 147 Å². The van der Waals surface area contributed by atoms with Gasteiger partial charge in [-0.2, -0.15) is 0 Å². The molecule has 0 aliphatic rings. The predicted molar refractivity (Wildman–Crippen MR) is 347 cm³/mol. The van der Waals surface area contributed by atoms with Crippen LogP contribution in [0.2, 0.25) is 0 Å². The number of benzene rings is 8. The molecular formula is C79H64Ir3N5-5. The van der Waals surface area contributed by atoms with Gasteiger partial charge in [0.1, 0.15) is 0 Å². The van der Waals surface area contributed by atoms with E-state index in [0.717, 1.165) is 80.4 Å². The van der Waals surface area contributed by atoms with Gasteiger partial charge in [0.25, 0.3) is 0 Å². The summed E-state index contributed by atoms with van der Waals surface area (Å²) in [6.07, 6.45) is 9.66. The topological polar surface area (TPSA) is 64.5 Å². The summed E-state index contributed by atoms with van der Waals surface area (Å²) in [5.74, 6) is 0. The van der Waals surface area contributed by atoms with Crippen molar-refractivity contribution in [2.75, 3.05) is 0 Å². The van der Waals surface area contributed by atoms with Crippen LogP contribution in [0.5, 0.6) is 0 Å². The molecule has 0 unspecified atom stereocenters. The smallest absolute Gasteiger partial charge is 0.0266 e. The van der Waals surface area contributed by atoms with Gasteiger partial charge in [-0.05, 0) is 106 Å². The molecule has 13 rings (SSSR count). The second-order valence-electron chi connectivity index (χ2n) is 19.4. The minimum atomic E-state index is 0. The Labute approximate surface area is 555 Å². The summed E-state index contributed by atoms with van der Waals surface area (Å²) >= 11 is 0. The number of pyridine rings is 5. The molecule has 0 spiro atoms. The van der Waals surface area contributed by atoms with E-state index >= 15 is 0 Å². The zero-order chi connectivity index (χ0) is 58.0. The fourth-order valence-electron chi connectivity index (χ4n) is 9.22. The molecule has 87 heavy (non-hydrogen) atoms. The molecule has 5 nitrogen and oxygen atoms in total. The van der Waals surface area contributed by atoms with Crippen molar-refractivity contribution in [3.8, 4) is 89.7 Å². The van der Waals surface area contributed by atoms with Gasteiger partial charge in [0.05, 0.1) is 0 Å². The van der Waals surface area contributed by atoms with E-state index in [1.54, 1.807) is 6.20 Å². The quantitative estimate of drug-likeness (QED) is 0.128. The normalized spacial score (nSPS) is 9.89. The fraction of sp³-hybridized carbons (Fsp3) is 0.0759. The third-order valence-corrected chi connectivity index (χ3v) is 13.6. The third kappa shape index (κ3) is 20.0. The van der Waals surface area contributed by atoms with Crippen molar-refractivity contribution in [3.63, 3.8) is 0 Å². The van der Waals surface area contributed by atoms with Crippen molar-refractivity contribution in [1.82, 2.24) is 24.9 Å². The van der Waals surface area contributed by atoms with Crippen LogP contribution in [0.3, 0.4) is 0 Å². The molecule has 5 heterocycles. The maximum atomic E-state index is 4.60. The second-order valence-corrected chi connectivity index (χ2v) is 19.4. The molecule has 13 aromatic rings. The van der Waals surface area contributed by atoms with E-state index in [0.29, 0.717) is 0 Å². The molecule has 0 amide bonds. The van der Waals surface area contributed by atoms with Crippen LogP contribution in [0.4, 0.5) is 0 Å². The number of aryl methyl sites for hydroxylation is 4. The van der Waals surface area contributed by atoms with E-state index in [2.05, 4.69) is 167 Å². The van der Waals surface area contributed by atoms with Gasteiger partial charge in [0.2, 0.25) is 0 Å². The molecule has 0 aliphatic heterocycles. The summed E-state index contributed by atoms with van der Waals surface area (Å²) in [4.78, 5) is 22.4.